The lowest BCUT2D eigenvalue weighted by atomic mass is 9.71. The van der Waals surface area contributed by atoms with Gasteiger partial charge in [-0.25, -0.2) is 9.13 Å². The summed E-state index contributed by atoms with van der Waals surface area (Å²) in [5.41, 5.74) is 8.13. The van der Waals surface area contributed by atoms with Gasteiger partial charge in [0.1, 0.15) is 30.1 Å². The molecule has 1 amide bonds. The summed E-state index contributed by atoms with van der Waals surface area (Å²) in [6.07, 6.45) is 8.92. The van der Waals surface area contributed by atoms with Crippen molar-refractivity contribution < 1.29 is 31.1 Å². The molecule has 0 atom stereocenters. The summed E-state index contributed by atoms with van der Waals surface area (Å²) < 4.78 is 9.67. The van der Waals surface area contributed by atoms with E-state index in [1.807, 2.05) is 78.9 Å². The van der Waals surface area contributed by atoms with Gasteiger partial charge in [0.2, 0.25) is 5.91 Å². The Kier molecular flexibility index (Phi) is 9.25. The number of amides is 1. The fourth-order valence-electron chi connectivity index (χ4n) is 4.62. The van der Waals surface area contributed by atoms with Gasteiger partial charge >= 0.3 is 0 Å². The van der Waals surface area contributed by atoms with Crippen LogP contribution in [0.2, 0.25) is 0 Å². The Labute approximate surface area is 223 Å². The molecule has 0 saturated carbocycles. The van der Waals surface area contributed by atoms with Crippen LogP contribution >= 0.6 is 0 Å². The lowest BCUT2D eigenvalue weighted by molar-refractivity contribution is -0.692. The van der Waals surface area contributed by atoms with Gasteiger partial charge < -0.3 is 27.5 Å². The Bertz CT molecular complexity index is 1260. The van der Waals surface area contributed by atoms with Gasteiger partial charge in [0.25, 0.3) is 5.82 Å². The average molecular weight is 547 g/mol. The molecule has 36 heavy (non-hydrogen) atoms. The maximum Gasteiger partial charge on any atom is 0.253 e. The number of allylic oxidation sites excluding steroid dienone is 1. The molecule has 186 valence electrons. The minimum Gasteiger partial charge on any atom is -1.00 e. The van der Waals surface area contributed by atoms with Crippen molar-refractivity contribution in [1.82, 2.24) is 4.57 Å². The summed E-state index contributed by atoms with van der Waals surface area (Å²) in [4.78, 5) is 13.0. The molecule has 0 aliphatic rings. The maximum absolute atomic E-state index is 13.0. The van der Waals surface area contributed by atoms with Crippen LogP contribution in [-0.2, 0) is 23.3 Å². The van der Waals surface area contributed by atoms with Crippen molar-refractivity contribution in [3.05, 3.63) is 126 Å². The molecule has 0 unspecified atom stereocenters. The molecule has 5 nitrogen and oxygen atoms in total. The molecule has 0 radical (unpaired) electrons. The van der Waals surface area contributed by atoms with Gasteiger partial charge in [0.05, 0.1) is 13.7 Å². The first-order chi connectivity index (χ1) is 17.0. The van der Waals surface area contributed by atoms with Gasteiger partial charge in [-0.1, -0.05) is 78.9 Å². The monoisotopic (exact) mass is 545 g/mol. The number of halogens is 1. The van der Waals surface area contributed by atoms with E-state index >= 15 is 0 Å². The molecule has 3 aromatic carbocycles. The minimum atomic E-state index is -0.906. The summed E-state index contributed by atoms with van der Waals surface area (Å²) >= 11 is 0. The third kappa shape index (κ3) is 5.77. The Balaban J connectivity index is 0.00000361. The molecule has 2 N–H and O–H groups in total. The second-order valence-electron chi connectivity index (χ2n) is 8.62. The number of carbonyl (C=O) groups is 1. The van der Waals surface area contributed by atoms with Crippen LogP contribution in [0.15, 0.2) is 103 Å². The number of methoxy groups -OCH3 is 1. The van der Waals surface area contributed by atoms with E-state index in [0.717, 1.165) is 34.8 Å². The fourth-order valence-corrected chi connectivity index (χ4v) is 4.62. The first kappa shape index (κ1) is 27.0. The zero-order valence-corrected chi connectivity index (χ0v) is 22.3. The third-order valence-electron chi connectivity index (χ3n) is 6.65. The molecule has 6 heteroatoms. The average Bonchev–Trinajstić information content (AvgIpc) is 3.25. The maximum atomic E-state index is 13.0. The number of rotatable bonds is 10. The minimum absolute atomic E-state index is 0. The Morgan fingerprint density at radius 1 is 1.00 bits per heavy atom. The lowest BCUT2D eigenvalue weighted by Crippen LogP contribution is -3.00. The van der Waals surface area contributed by atoms with Crippen molar-refractivity contribution in [2.45, 2.75) is 31.8 Å². The van der Waals surface area contributed by atoms with Crippen LogP contribution < -0.4 is 32.0 Å². The van der Waals surface area contributed by atoms with Gasteiger partial charge in [-0.15, -0.1) is 0 Å². The van der Waals surface area contributed by atoms with E-state index in [9.17, 15) is 4.79 Å². The van der Waals surface area contributed by atoms with Gasteiger partial charge in [-0.3, -0.25) is 4.79 Å². The Morgan fingerprint density at radius 3 is 2.22 bits per heavy atom. The second-order valence-corrected chi connectivity index (χ2v) is 8.62. The molecule has 0 saturated heterocycles. The molecule has 1 aromatic heterocycles. The van der Waals surface area contributed by atoms with Crippen molar-refractivity contribution in [2.24, 2.45) is 5.73 Å². The van der Waals surface area contributed by atoms with Crippen LogP contribution in [0, 0.1) is 6.92 Å². The standard InChI is InChI=1S/C30H31N3O2.BrH/c1-24-32(19-10-12-25-11-9-17-28(23-25)35-2)21-22-33(24)20-18-30(29(31)34,26-13-5-3-6-14-26)27-15-7-4-8-16-27;/h3-17,21-23H,18-20H2,1-2H3,(H-,31,34);1H/b12-10+;. The number of ether oxygens (including phenoxy) is 1. The highest BCUT2D eigenvalue weighted by Gasteiger charge is 2.40. The predicted molar refractivity (Wildman–Crippen MR) is 139 cm³/mol. The van der Waals surface area contributed by atoms with E-state index in [1.54, 1.807) is 7.11 Å². The predicted octanol–water partition coefficient (Wildman–Crippen LogP) is 1.67. The number of nitrogens with two attached hydrogens (primary N) is 1. The van der Waals surface area contributed by atoms with E-state index in [1.165, 1.54) is 0 Å². The number of carbonyl (C=O) groups excluding carboxylic acids is 1. The summed E-state index contributed by atoms with van der Waals surface area (Å²) in [7, 11) is 1.67. The summed E-state index contributed by atoms with van der Waals surface area (Å²) in [6, 6.07) is 27.7. The zero-order chi connectivity index (χ0) is 24.7. The van der Waals surface area contributed by atoms with Crippen molar-refractivity contribution in [2.75, 3.05) is 7.11 Å². The van der Waals surface area contributed by atoms with Crippen LogP contribution in [0.1, 0.15) is 28.9 Å². The first-order valence-corrected chi connectivity index (χ1v) is 11.8. The molecule has 0 aliphatic carbocycles. The SMILES string of the molecule is COc1cccc(/C=C/C[n+]2ccn(CCC(C(N)=O)(c3ccccc3)c3ccccc3)c2C)c1.[Br-]. The molecular weight excluding hydrogens is 514 g/mol. The van der Waals surface area contributed by atoms with E-state index < -0.39 is 5.41 Å². The highest BCUT2D eigenvalue weighted by Crippen LogP contribution is 2.36. The summed E-state index contributed by atoms with van der Waals surface area (Å²) in [6.45, 7) is 3.50. The van der Waals surface area contributed by atoms with Gasteiger partial charge in [0.15, 0.2) is 0 Å². The van der Waals surface area contributed by atoms with Gasteiger partial charge in [0, 0.05) is 13.3 Å². The van der Waals surface area contributed by atoms with E-state index in [0.29, 0.717) is 13.0 Å². The van der Waals surface area contributed by atoms with E-state index in [-0.39, 0.29) is 22.9 Å². The molecule has 0 fully saturated rings. The van der Waals surface area contributed by atoms with Gasteiger partial charge in [-0.05, 0) is 34.9 Å². The van der Waals surface area contributed by atoms with Crippen LogP contribution in [0.4, 0.5) is 0 Å². The second kappa shape index (κ2) is 12.4. The first-order valence-electron chi connectivity index (χ1n) is 11.8. The van der Waals surface area contributed by atoms with E-state index in [4.69, 9.17) is 10.5 Å². The van der Waals surface area contributed by atoms with Crippen molar-refractivity contribution in [1.29, 1.82) is 0 Å². The number of primary amides is 1. The summed E-state index contributed by atoms with van der Waals surface area (Å²) in [5.74, 6) is 1.62. The molecule has 4 aromatic rings. The largest absolute Gasteiger partial charge is 1.00 e. The number of aromatic nitrogens is 2. The van der Waals surface area contributed by atoms with E-state index in [2.05, 4.69) is 46.7 Å². The van der Waals surface area contributed by atoms with Crippen LogP contribution in [0.5, 0.6) is 5.75 Å². The number of hydrogen-bond donors (Lipinski definition) is 1. The van der Waals surface area contributed by atoms with Crippen LogP contribution in [0.3, 0.4) is 0 Å². The quantitative estimate of drug-likeness (QED) is 0.308. The number of nitrogens with zero attached hydrogens (tertiary/aromatic N) is 2. The van der Waals surface area contributed by atoms with Crippen molar-refractivity contribution in [3.63, 3.8) is 0 Å². The Morgan fingerprint density at radius 2 is 1.64 bits per heavy atom. The normalized spacial score (nSPS) is 11.3. The number of benzene rings is 3. The summed E-state index contributed by atoms with van der Waals surface area (Å²) in [5, 5.41) is 0. The zero-order valence-electron chi connectivity index (χ0n) is 20.7. The van der Waals surface area contributed by atoms with Crippen LogP contribution in [-0.4, -0.2) is 17.6 Å². The molecule has 0 aliphatic heterocycles. The smallest absolute Gasteiger partial charge is 0.253 e. The molecular formula is C30H32BrN3O2. The van der Waals surface area contributed by atoms with Gasteiger partial charge in [-0.2, -0.15) is 0 Å². The van der Waals surface area contributed by atoms with Crippen molar-refractivity contribution in [3.8, 4) is 5.75 Å². The Hall–Kier alpha value is -3.64. The highest BCUT2D eigenvalue weighted by molar-refractivity contribution is 5.90. The number of hydrogen-bond acceptors (Lipinski definition) is 2. The molecule has 1 heterocycles. The number of aryl methyl sites for hydroxylation is 1. The topological polar surface area (TPSA) is 61.1 Å². The van der Waals surface area contributed by atoms with Crippen molar-refractivity contribution >= 4 is 12.0 Å². The lowest BCUT2D eigenvalue weighted by Gasteiger charge is -2.31. The number of imidazole rings is 1. The molecule has 4 rings (SSSR count). The molecule has 0 bridgehead atoms. The van der Waals surface area contributed by atoms with Crippen LogP contribution in [0.25, 0.3) is 6.08 Å². The fraction of sp³-hybridized carbons (Fsp3) is 0.200. The third-order valence-corrected chi connectivity index (χ3v) is 6.65. The molecule has 0 spiro atoms. The highest BCUT2D eigenvalue weighted by atomic mass is 79.9.